The Morgan fingerprint density at radius 1 is 1.16 bits per heavy atom. The zero-order valence-electron chi connectivity index (χ0n) is 15.1. The Hall–Kier alpha value is -1.80. The summed E-state index contributed by atoms with van der Waals surface area (Å²) in [6, 6.07) is 3.45. The van der Waals surface area contributed by atoms with Crippen LogP contribution in [0, 0.1) is 0 Å². The average molecular weight is 371 g/mol. The molecule has 0 radical (unpaired) electrons. The first-order valence-electron chi connectivity index (χ1n) is 7.94. The maximum Gasteiger partial charge on any atom is 0.416 e. The molecule has 0 aliphatic carbocycles. The normalized spacial score (nSPS) is 13.3. The number of imidazole rings is 1. The van der Waals surface area contributed by atoms with Crippen molar-refractivity contribution in [2.24, 2.45) is 0 Å². The lowest BCUT2D eigenvalue weighted by Crippen LogP contribution is -2.40. The van der Waals surface area contributed by atoms with E-state index in [4.69, 9.17) is 10.2 Å². The molecule has 0 unspecified atom stereocenters. The third-order valence-electron chi connectivity index (χ3n) is 4.59. The molecule has 1 aromatic heterocycles. The van der Waals surface area contributed by atoms with E-state index in [2.05, 4.69) is 38.8 Å². The van der Waals surface area contributed by atoms with Gasteiger partial charge in [-0.15, -0.1) is 0 Å². The van der Waals surface area contributed by atoms with E-state index in [-0.39, 0.29) is 10.7 Å². The molecule has 25 heavy (non-hydrogen) atoms. The SMILES string of the molecule is CC(C)(C)[Si](C)(C)OCc1cn(-c2cc(N)cc(C(F)(F)F)c2)cn1. The van der Waals surface area contributed by atoms with Crippen molar-refractivity contribution < 1.29 is 17.6 Å². The van der Waals surface area contributed by atoms with Gasteiger partial charge in [0.2, 0.25) is 0 Å². The molecule has 0 atom stereocenters. The van der Waals surface area contributed by atoms with Crippen molar-refractivity contribution in [1.29, 1.82) is 0 Å². The highest BCUT2D eigenvalue weighted by atomic mass is 28.4. The highest BCUT2D eigenvalue weighted by Crippen LogP contribution is 2.37. The van der Waals surface area contributed by atoms with Gasteiger partial charge in [-0.3, -0.25) is 0 Å². The molecule has 2 aromatic rings. The van der Waals surface area contributed by atoms with Crippen molar-refractivity contribution in [1.82, 2.24) is 9.55 Å². The van der Waals surface area contributed by atoms with Crippen LogP contribution in [0.1, 0.15) is 32.0 Å². The number of nitrogen functional groups attached to an aromatic ring is 1. The van der Waals surface area contributed by atoms with Gasteiger partial charge in [-0.25, -0.2) is 4.98 Å². The number of alkyl halides is 3. The van der Waals surface area contributed by atoms with Crippen LogP contribution in [0.25, 0.3) is 5.69 Å². The quantitative estimate of drug-likeness (QED) is 0.608. The molecule has 138 valence electrons. The van der Waals surface area contributed by atoms with Gasteiger partial charge in [0.05, 0.1) is 24.2 Å². The van der Waals surface area contributed by atoms with Crippen molar-refractivity contribution in [3.05, 3.63) is 42.0 Å². The predicted molar refractivity (Wildman–Crippen MR) is 95.0 cm³/mol. The van der Waals surface area contributed by atoms with E-state index in [0.717, 1.165) is 12.1 Å². The monoisotopic (exact) mass is 371 g/mol. The van der Waals surface area contributed by atoms with Crippen molar-refractivity contribution in [3.63, 3.8) is 0 Å². The topological polar surface area (TPSA) is 53.1 Å². The Bertz CT molecular complexity index is 748. The lowest BCUT2D eigenvalue weighted by atomic mass is 10.1. The summed E-state index contributed by atoms with van der Waals surface area (Å²) in [5.74, 6) is 0. The molecule has 8 heteroatoms. The van der Waals surface area contributed by atoms with E-state index in [9.17, 15) is 13.2 Å². The molecule has 1 aromatic carbocycles. The first kappa shape index (κ1) is 19.5. The number of nitrogens with zero attached hydrogens (tertiary/aromatic N) is 2. The summed E-state index contributed by atoms with van der Waals surface area (Å²) in [6.45, 7) is 11.0. The molecule has 2 N–H and O–H groups in total. The maximum atomic E-state index is 12.9. The van der Waals surface area contributed by atoms with Crippen LogP contribution < -0.4 is 5.73 Å². The second-order valence-electron chi connectivity index (χ2n) is 7.63. The summed E-state index contributed by atoms with van der Waals surface area (Å²) in [6.07, 6.45) is -1.31. The van der Waals surface area contributed by atoms with Gasteiger partial charge in [0.25, 0.3) is 0 Å². The maximum absolute atomic E-state index is 12.9. The lowest BCUT2D eigenvalue weighted by Gasteiger charge is -2.35. The van der Waals surface area contributed by atoms with E-state index in [1.165, 1.54) is 17.0 Å². The van der Waals surface area contributed by atoms with Crippen molar-refractivity contribution >= 4 is 14.0 Å². The smallest absolute Gasteiger partial charge is 0.411 e. The fraction of sp³-hybridized carbons (Fsp3) is 0.471. The minimum absolute atomic E-state index is 0.0533. The summed E-state index contributed by atoms with van der Waals surface area (Å²) >= 11 is 0. The van der Waals surface area contributed by atoms with Crippen molar-refractivity contribution in [3.8, 4) is 5.69 Å². The van der Waals surface area contributed by atoms with Gasteiger partial charge >= 0.3 is 6.18 Å². The molecule has 0 fully saturated rings. The minimum Gasteiger partial charge on any atom is -0.411 e. The largest absolute Gasteiger partial charge is 0.416 e. The molecule has 0 bridgehead atoms. The predicted octanol–water partition coefficient (Wildman–Crippen LogP) is 5.00. The second-order valence-corrected chi connectivity index (χ2v) is 12.4. The van der Waals surface area contributed by atoms with E-state index in [1.54, 1.807) is 6.20 Å². The number of rotatable bonds is 4. The van der Waals surface area contributed by atoms with Crippen LogP contribution in [0.3, 0.4) is 0 Å². The van der Waals surface area contributed by atoms with Crippen LogP contribution in [0.2, 0.25) is 18.1 Å². The van der Waals surface area contributed by atoms with Gasteiger partial charge in [-0.05, 0) is 36.3 Å². The highest BCUT2D eigenvalue weighted by Gasteiger charge is 2.37. The van der Waals surface area contributed by atoms with Crippen LogP contribution >= 0.6 is 0 Å². The Balaban J connectivity index is 2.21. The molecular weight excluding hydrogens is 347 g/mol. The van der Waals surface area contributed by atoms with Crippen LogP contribution in [-0.2, 0) is 17.2 Å². The summed E-state index contributed by atoms with van der Waals surface area (Å²) in [5, 5.41) is 0.0745. The molecule has 4 nitrogen and oxygen atoms in total. The number of hydrogen-bond acceptors (Lipinski definition) is 3. The van der Waals surface area contributed by atoms with Crippen molar-refractivity contribution in [2.45, 2.75) is 51.7 Å². The molecular formula is C17H24F3N3OSi. The van der Waals surface area contributed by atoms with E-state index >= 15 is 0 Å². The van der Waals surface area contributed by atoms with Gasteiger partial charge < -0.3 is 14.7 Å². The molecule has 1 heterocycles. The molecule has 0 saturated heterocycles. The van der Waals surface area contributed by atoms with Crippen LogP contribution in [0.4, 0.5) is 18.9 Å². The summed E-state index contributed by atoms with van der Waals surface area (Å²) in [7, 11) is -1.92. The zero-order valence-corrected chi connectivity index (χ0v) is 16.1. The highest BCUT2D eigenvalue weighted by molar-refractivity contribution is 6.74. The van der Waals surface area contributed by atoms with Gasteiger partial charge in [0.1, 0.15) is 0 Å². The van der Waals surface area contributed by atoms with E-state index in [0.29, 0.717) is 18.0 Å². The zero-order chi connectivity index (χ0) is 19.0. The molecule has 0 aliphatic rings. The third-order valence-corrected chi connectivity index (χ3v) is 9.07. The number of halogens is 3. The van der Waals surface area contributed by atoms with Gasteiger partial charge in [0.15, 0.2) is 8.32 Å². The van der Waals surface area contributed by atoms with Crippen LogP contribution in [0.5, 0.6) is 0 Å². The molecule has 2 rings (SSSR count). The second kappa shape index (κ2) is 6.49. The summed E-state index contributed by atoms with van der Waals surface area (Å²) in [5.41, 5.74) is 5.87. The molecule has 0 spiro atoms. The Labute approximate surface area is 147 Å². The Morgan fingerprint density at radius 3 is 2.36 bits per heavy atom. The van der Waals surface area contributed by atoms with Crippen LogP contribution in [-0.4, -0.2) is 17.9 Å². The third kappa shape index (κ3) is 4.64. The molecule has 0 aliphatic heterocycles. The first-order chi connectivity index (χ1) is 11.3. The first-order valence-corrected chi connectivity index (χ1v) is 10.9. The van der Waals surface area contributed by atoms with E-state index < -0.39 is 20.1 Å². The fourth-order valence-corrected chi connectivity index (χ4v) is 2.94. The number of benzene rings is 1. The van der Waals surface area contributed by atoms with Gasteiger partial charge in [-0.2, -0.15) is 13.2 Å². The van der Waals surface area contributed by atoms with E-state index in [1.807, 2.05) is 0 Å². The molecule has 0 saturated carbocycles. The van der Waals surface area contributed by atoms with Gasteiger partial charge in [-0.1, -0.05) is 20.8 Å². The average Bonchev–Trinajstić information content (AvgIpc) is 2.91. The standard InChI is InChI=1S/C17H24F3N3OSi/c1-16(2,3)25(4,5)24-10-14-9-23(11-22-14)15-7-12(17(18,19)20)6-13(21)8-15/h6-9,11H,10,21H2,1-5H3. The number of aromatic nitrogens is 2. The Kier molecular flexibility index (Phi) is 5.07. The number of hydrogen-bond donors (Lipinski definition) is 1. The van der Waals surface area contributed by atoms with Gasteiger partial charge in [0, 0.05) is 17.6 Å². The number of nitrogens with two attached hydrogens (primary N) is 1. The summed E-state index contributed by atoms with van der Waals surface area (Å²) < 4.78 is 46.4. The Morgan fingerprint density at radius 2 is 1.80 bits per heavy atom. The van der Waals surface area contributed by atoms with Crippen LogP contribution in [0.15, 0.2) is 30.7 Å². The lowest BCUT2D eigenvalue weighted by molar-refractivity contribution is -0.137. The molecule has 0 amide bonds. The number of anilines is 1. The summed E-state index contributed by atoms with van der Waals surface area (Å²) in [4.78, 5) is 4.24. The fourth-order valence-electron chi connectivity index (χ4n) is 2.00. The van der Waals surface area contributed by atoms with Crippen molar-refractivity contribution in [2.75, 3.05) is 5.73 Å². The minimum atomic E-state index is -4.45.